The van der Waals surface area contributed by atoms with E-state index in [2.05, 4.69) is 0 Å². The number of hydrogen-bond donors (Lipinski definition) is 0. The highest BCUT2D eigenvalue weighted by atomic mass is 19.1. The summed E-state index contributed by atoms with van der Waals surface area (Å²) in [6, 6.07) is 3.36. The maximum atomic E-state index is 13.3. The lowest BCUT2D eigenvalue weighted by molar-refractivity contribution is 0.0159. The van der Waals surface area contributed by atoms with Gasteiger partial charge in [-0.1, -0.05) is 0 Å². The zero-order chi connectivity index (χ0) is 16.5. The molecule has 0 radical (unpaired) electrons. The second-order valence-electron chi connectivity index (χ2n) is 6.60. The van der Waals surface area contributed by atoms with Gasteiger partial charge in [-0.2, -0.15) is 0 Å². The van der Waals surface area contributed by atoms with Gasteiger partial charge in [-0.25, -0.2) is 13.6 Å². The summed E-state index contributed by atoms with van der Waals surface area (Å²) in [5.41, 5.74) is -0.0483. The first-order chi connectivity index (χ1) is 10.2. The summed E-state index contributed by atoms with van der Waals surface area (Å²) in [6.07, 6.45) is -0.356. The summed E-state index contributed by atoms with van der Waals surface area (Å²) in [4.78, 5) is 15.7. The highest BCUT2D eigenvalue weighted by Gasteiger charge is 2.31. The van der Waals surface area contributed by atoms with Crippen molar-refractivity contribution >= 4 is 11.8 Å². The van der Waals surface area contributed by atoms with Crippen LogP contribution in [0.25, 0.3) is 0 Å². The second-order valence-corrected chi connectivity index (χ2v) is 6.60. The normalized spacial score (nSPS) is 19.3. The summed E-state index contributed by atoms with van der Waals surface area (Å²) < 4.78 is 32.0. The fourth-order valence-corrected chi connectivity index (χ4v) is 2.51. The van der Waals surface area contributed by atoms with Gasteiger partial charge < -0.3 is 14.5 Å². The van der Waals surface area contributed by atoms with Gasteiger partial charge in [-0.3, -0.25) is 0 Å². The minimum atomic E-state index is -0.600. The van der Waals surface area contributed by atoms with Gasteiger partial charge in [0.25, 0.3) is 0 Å². The maximum absolute atomic E-state index is 13.3. The SMILES string of the molecule is C[C@H]1CN(c2cc(F)cc(F)c2)CCN1C(=O)OC(C)(C)C. The van der Waals surface area contributed by atoms with Crippen molar-refractivity contribution in [3.63, 3.8) is 0 Å². The predicted octanol–water partition coefficient (Wildman–Crippen LogP) is 3.41. The molecule has 2 rings (SSSR count). The smallest absolute Gasteiger partial charge is 0.410 e. The Hall–Kier alpha value is -1.85. The van der Waals surface area contributed by atoms with Gasteiger partial charge in [0.15, 0.2) is 0 Å². The topological polar surface area (TPSA) is 32.8 Å². The van der Waals surface area contributed by atoms with Crippen LogP contribution in [-0.4, -0.2) is 42.3 Å². The second kappa shape index (κ2) is 6.10. The number of amides is 1. The van der Waals surface area contributed by atoms with E-state index in [1.54, 1.807) is 4.90 Å². The summed E-state index contributed by atoms with van der Waals surface area (Å²) in [5, 5.41) is 0. The fraction of sp³-hybridized carbons (Fsp3) is 0.562. The minimum absolute atomic E-state index is 0.102. The van der Waals surface area contributed by atoms with Gasteiger partial charge in [-0.15, -0.1) is 0 Å². The first kappa shape index (κ1) is 16.5. The van der Waals surface area contributed by atoms with Gasteiger partial charge in [0.05, 0.1) is 0 Å². The number of carbonyl (C=O) groups excluding carboxylic acids is 1. The number of rotatable bonds is 1. The van der Waals surface area contributed by atoms with Crippen molar-refractivity contribution in [1.82, 2.24) is 4.90 Å². The van der Waals surface area contributed by atoms with Crippen LogP contribution < -0.4 is 4.90 Å². The van der Waals surface area contributed by atoms with Crippen molar-refractivity contribution in [2.75, 3.05) is 24.5 Å². The molecule has 1 amide bonds. The third-order valence-electron chi connectivity index (χ3n) is 3.47. The van der Waals surface area contributed by atoms with Crippen LogP contribution in [0.1, 0.15) is 27.7 Å². The number of halogens is 2. The molecular weight excluding hydrogens is 290 g/mol. The molecule has 0 unspecified atom stereocenters. The predicted molar refractivity (Wildman–Crippen MR) is 81.0 cm³/mol. The molecule has 4 nitrogen and oxygen atoms in total. The Labute approximate surface area is 129 Å². The Morgan fingerprint density at radius 2 is 1.77 bits per heavy atom. The summed E-state index contributed by atoms with van der Waals surface area (Å²) in [7, 11) is 0. The molecule has 0 bridgehead atoms. The van der Waals surface area contributed by atoms with Crippen LogP contribution in [0.2, 0.25) is 0 Å². The summed E-state index contributed by atoms with van der Waals surface area (Å²) in [6.45, 7) is 8.82. The van der Waals surface area contributed by atoms with Crippen molar-refractivity contribution in [2.24, 2.45) is 0 Å². The standard InChI is InChI=1S/C16H22F2N2O2/c1-11-10-19(14-8-12(17)7-13(18)9-14)5-6-20(11)15(21)22-16(2,3)4/h7-9,11H,5-6,10H2,1-4H3/t11-/m0/s1. The summed E-state index contributed by atoms with van der Waals surface area (Å²) in [5.74, 6) is -1.20. The summed E-state index contributed by atoms with van der Waals surface area (Å²) >= 11 is 0. The Bertz CT molecular complexity index is 537. The molecule has 1 aromatic rings. The Morgan fingerprint density at radius 3 is 2.27 bits per heavy atom. The van der Waals surface area contributed by atoms with E-state index in [9.17, 15) is 13.6 Å². The lowest BCUT2D eigenvalue weighted by Crippen LogP contribution is -2.55. The molecule has 1 aliphatic heterocycles. The van der Waals surface area contributed by atoms with Gasteiger partial charge in [0.1, 0.15) is 17.2 Å². The van der Waals surface area contributed by atoms with Crippen molar-refractivity contribution < 1.29 is 18.3 Å². The number of piperazine rings is 1. The minimum Gasteiger partial charge on any atom is -0.444 e. The van der Waals surface area contributed by atoms with Crippen LogP contribution in [0.5, 0.6) is 0 Å². The van der Waals surface area contributed by atoms with Crippen LogP contribution >= 0.6 is 0 Å². The van der Waals surface area contributed by atoms with Crippen molar-refractivity contribution in [3.8, 4) is 0 Å². The van der Waals surface area contributed by atoms with Crippen LogP contribution in [0, 0.1) is 11.6 Å². The molecule has 0 aliphatic carbocycles. The highest BCUT2D eigenvalue weighted by Crippen LogP contribution is 2.22. The highest BCUT2D eigenvalue weighted by molar-refractivity contribution is 5.69. The van der Waals surface area contributed by atoms with Crippen LogP contribution in [0.4, 0.5) is 19.3 Å². The van der Waals surface area contributed by atoms with Crippen LogP contribution in [0.15, 0.2) is 18.2 Å². The zero-order valence-electron chi connectivity index (χ0n) is 13.4. The van der Waals surface area contributed by atoms with Crippen molar-refractivity contribution in [3.05, 3.63) is 29.8 Å². The van der Waals surface area contributed by atoms with Crippen LogP contribution in [0.3, 0.4) is 0 Å². The molecular formula is C16H22F2N2O2. The van der Waals surface area contributed by atoms with E-state index in [1.165, 1.54) is 12.1 Å². The third kappa shape index (κ3) is 4.08. The lowest BCUT2D eigenvalue weighted by atomic mass is 10.1. The number of ether oxygens (including phenoxy) is 1. The average molecular weight is 312 g/mol. The Morgan fingerprint density at radius 1 is 1.18 bits per heavy atom. The first-order valence-corrected chi connectivity index (χ1v) is 7.36. The molecule has 1 atom stereocenters. The molecule has 0 spiro atoms. The lowest BCUT2D eigenvalue weighted by Gasteiger charge is -2.41. The number of carbonyl (C=O) groups is 1. The molecule has 1 heterocycles. The third-order valence-corrected chi connectivity index (χ3v) is 3.47. The van der Waals surface area contributed by atoms with E-state index in [0.29, 0.717) is 25.3 Å². The Balaban J connectivity index is 2.05. The maximum Gasteiger partial charge on any atom is 0.410 e. The molecule has 6 heteroatoms. The molecule has 0 N–H and O–H groups in total. The van der Waals surface area contributed by atoms with Gasteiger partial charge in [-0.05, 0) is 39.8 Å². The molecule has 1 aromatic carbocycles. The molecule has 1 aliphatic rings. The largest absolute Gasteiger partial charge is 0.444 e. The van der Waals surface area contributed by atoms with Crippen molar-refractivity contribution in [2.45, 2.75) is 39.3 Å². The fourth-order valence-electron chi connectivity index (χ4n) is 2.51. The van der Waals surface area contributed by atoms with Crippen LogP contribution in [-0.2, 0) is 4.74 Å². The zero-order valence-corrected chi connectivity index (χ0v) is 13.4. The van der Waals surface area contributed by atoms with E-state index in [4.69, 9.17) is 4.74 Å². The number of nitrogens with zero attached hydrogens (tertiary/aromatic N) is 2. The van der Waals surface area contributed by atoms with E-state index < -0.39 is 17.2 Å². The van der Waals surface area contributed by atoms with Gasteiger partial charge in [0, 0.05) is 37.4 Å². The van der Waals surface area contributed by atoms with E-state index >= 15 is 0 Å². The Kier molecular flexibility index (Phi) is 4.58. The number of hydrogen-bond acceptors (Lipinski definition) is 3. The van der Waals surface area contributed by atoms with E-state index in [1.807, 2.05) is 32.6 Å². The first-order valence-electron chi connectivity index (χ1n) is 7.36. The quantitative estimate of drug-likeness (QED) is 0.796. The van der Waals surface area contributed by atoms with Gasteiger partial charge >= 0.3 is 6.09 Å². The number of benzene rings is 1. The molecule has 1 fully saturated rings. The number of anilines is 1. The molecule has 1 saturated heterocycles. The van der Waals surface area contributed by atoms with Crippen molar-refractivity contribution in [1.29, 1.82) is 0 Å². The molecule has 0 aromatic heterocycles. The molecule has 122 valence electrons. The van der Waals surface area contributed by atoms with E-state index in [0.717, 1.165) is 6.07 Å². The average Bonchev–Trinajstić information content (AvgIpc) is 2.35. The molecule has 0 saturated carbocycles. The van der Waals surface area contributed by atoms with E-state index in [-0.39, 0.29) is 12.1 Å². The molecule has 22 heavy (non-hydrogen) atoms. The van der Waals surface area contributed by atoms with Gasteiger partial charge in [0.2, 0.25) is 0 Å². The monoisotopic (exact) mass is 312 g/mol.